The molecule has 4 heteroatoms. The van der Waals surface area contributed by atoms with E-state index in [0.29, 0.717) is 5.82 Å². The van der Waals surface area contributed by atoms with Crippen molar-refractivity contribution in [2.75, 3.05) is 0 Å². The molecule has 0 amide bonds. The molecule has 4 nitrogen and oxygen atoms in total. The second-order valence-electron chi connectivity index (χ2n) is 6.11. The molecule has 1 aliphatic rings. The largest absolute Gasteiger partial charge is 0.339 e. The number of aryl methyl sites for hydroxylation is 1. The van der Waals surface area contributed by atoms with Crippen molar-refractivity contribution < 1.29 is 4.52 Å². The molecule has 1 unspecified atom stereocenters. The Morgan fingerprint density at radius 3 is 2.62 bits per heavy atom. The van der Waals surface area contributed by atoms with E-state index < -0.39 is 0 Å². The van der Waals surface area contributed by atoms with E-state index in [2.05, 4.69) is 10.1 Å². The predicted molar refractivity (Wildman–Crippen MR) is 82.6 cm³/mol. The lowest BCUT2D eigenvalue weighted by atomic mass is 10.0. The van der Waals surface area contributed by atoms with Crippen LogP contribution in [0, 0.1) is 5.92 Å². The normalized spacial score (nSPS) is 17.2. The van der Waals surface area contributed by atoms with Crippen LogP contribution in [0.2, 0.25) is 0 Å². The van der Waals surface area contributed by atoms with E-state index >= 15 is 0 Å². The molecule has 1 atom stereocenters. The standard InChI is InChI=1S/C17H23N3O/c1-12(18)14-7-9-15(10-8-14)17-19-16(21-20-17)11-6-13-4-2-3-5-13/h7-10,12-13H,2-6,11,18H2,1H3. The van der Waals surface area contributed by atoms with Gasteiger partial charge in [-0.1, -0.05) is 55.1 Å². The fourth-order valence-electron chi connectivity index (χ4n) is 3.04. The van der Waals surface area contributed by atoms with Crippen LogP contribution in [-0.2, 0) is 6.42 Å². The van der Waals surface area contributed by atoms with Crippen LogP contribution in [0.15, 0.2) is 28.8 Å². The van der Waals surface area contributed by atoms with E-state index in [0.717, 1.165) is 29.4 Å². The summed E-state index contributed by atoms with van der Waals surface area (Å²) in [6.45, 7) is 1.98. The Morgan fingerprint density at radius 1 is 1.24 bits per heavy atom. The highest BCUT2D eigenvalue weighted by Gasteiger charge is 2.16. The van der Waals surface area contributed by atoms with Gasteiger partial charge in [0, 0.05) is 18.0 Å². The third-order valence-electron chi connectivity index (χ3n) is 4.40. The molecule has 1 heterocycles. The average molecular weight is 285 g/mol. The highest BCUT2D eigenvalue weighted by atomic mass is 16.5. The second kappa shape index (κ2) is 6.39. The van der Waals surface area contributed by atoms with Crippen LogP contribution in [0.3, 0.4) is 0 Å². The molecule has 0 saturated heterocycles. The maximum Gasteiger partial charge on any atom is 0.226 e. The van der Waals surface area contributed by atoms with Crippen LogP contribution in [0.5, 0.6) is 0 Å². The molecule has 0 aliphatic heterocycles. The minimum atomic E-state index is 0.0475. The van der Waals surface area contributed by atoms with E-state index in [4.69, 9.17) is 10.3 Å². The lowest BCUT2D eigenvalue weighted by Crippen LogP contribution is -2.04. The van der Waals surface area contributed by atoms with Gasteiger partial charge in [0.05, 0.1) is 0 Å². The summed E-state index contributed by atoms with van der Waals surface area (Å²) in [5, 5.41) is 4.09. The minimum absolute atomic E-state index is 0.0475. The summed E-state index contributed by atoms with van der Waals surface area (Å²) in [6.07, 6.45) is 7.55. The number of hydrogen-bond donors (Lipinski definition) is 1. The van der Waals surface area contributed by atoms with E-state index in [9.17, 15) is 0 Å². The van der Waals surface area contributed by atoms with Gasteiger partial charge in [0.15, 0.2) is 0 Å². The van der Waals surface area contributed by atoms with Crippen LogP contribution in [0.4, 0.5) is 0 Å². The van der Waals surface area contributed by atoms with Gasteiger partial charge in [-0.2, -0.15) is 4.98 Å². The molecular formula is C17H23N3O. The van der Waals surface area contributed by atoms with Crippen molar-refractivity contribution in [3.8, 4) is 11.4 Å². The molecule has 0 radical (unpaired) electrons. The SMILES string of the molecule is CC(N)c1ccc(-c2noc(CCC3CCCC3)n2)cc1. The molecule has 1 fully saturated rings. The van der Waals surface area contributed by atoms with Crippen molar-refractivity contribution in [1.29, 1.82) is 0 Å². The van der Waals surface area contributed by atoms with Gasteiger partial charge < -0.3 is 10.3 Å². The van der Waals surface area contributed by atoms with Crippen LogP contribution in [0.1, 0.15) is 56.5 Å². The summed E-state index contributed by atoms with van der Waals surface area (Å²) in [4.78, 5) is 4.51. The molecular weight excluding hydrogens is 262 g/mol. The molecule has 1 saturated carbocycles. The molecule has 3 rings (SSSR count). The topological polar surface area (TPSA) is 64.9 Å². The highest BCUT2D eigenvalue weighted by Crippen LogP contribution is 2.28. The Balaban J connectivity index is 1.63. The maximum absolute atomic E-state index is 5.86. The number of rotatable bonds is 5. The lowest BCUT2D eigenvalue weighted by Gasteiger charge is -2.05. The van der Waals surface area contributed by atoms with Crippen molar-refractivity contribution in [3.05, 3.63) is 35.7 Å². The molecule has 21 heavy (non-hydrogen) atoms. The Morgan fingerprint density at radius 2 is 1.95 bits per heavy atom. The number of nitrogens with zero attached hydrogens (tertiary/aromatic N) is 2. The van der Waals surface area contributed by atoms with Crippen LogP contribution >= 0.6 is 0 Å². The summed E-state index contributed by atoms with van der Waals surface area (Å²) < 4.78 is 5.37. The number of benzene rings is 1. The van der Waals surface area contributed by atoms with Gasteiger partial charge in [-0.05, 0) is 24.8 Å². The Hall–Kier alpha value is -1.68. The average Bonchev–Trinajstić information content (AvgIpc) is 3.17. The molecule has 1 aliphatic carbocycles. The van der Waals surface area contributed by atoms with Crippen molar-refractivity contribution in [3.63, 3.8) is 0 Å². The van der Waals surface area contributed by atoms with Gasteiger partial charge in [0.1, 0.15) is 0 Å². The monoisotopic (exact) mass is 285 g/mol. The zero-order chi connectivity index (χ0) is 14.7. The van der Waals surface area contributed by atoms with Crippen molar-refractivity contribution in [2.24, 2.45) is 11.7 Å². The van der Waals surface area contributed by atoms with Gasteiger partial charge in [0.2, 0.25) is 11.7 Å². The third kappa shape index (κ3) is 3.50. The molecule has 2 aromatic rings. The first-order valence-corrected chi connectivity index (χ1v) is 7.91. The van der Waals surface area contributed by atoms with E-state index in [1.165, 1.54) is 32.1 Å². The minimum Gasteiger partial charge on any atom is -0.339 e. The molecule has 1 aromatic carbocycles. The van der Waals surface area contributed by atoms with Gasteiger partial charge in [-0.25, -0.2) is 0 Å². The molecule has 112 valence electrons. The number of hydrogen-bond acceptors (Lipinski definition) is 4. The summed E-state index contributed by atoms with van der Waals surface area (Å²) in [5.74, 6) is 2.28. The van der Waals surface area contributed by atoms with Gasteiger partial charge in [-0.3, -0.25) is 0 Å². The van der Waals surface area contributed by atoms with E-state index in [-0.39, 0.29) is 6.04 Å². The van der Waals surface area contributed by atoms with Crippen molar-refractivity contribution in [1.82, 2.24) is 10.1 Å². The predicted octanol–water partition coefficient (Wildman–Crippen LogP) is 3.88. The van der Waals surface area contributed by atoms with Gasteiger partial charge >= 0.3 is 0 Å². The summed E-state index contributed by atoms with van der Waals surface area (Å²) in [6, 6.07) is 8.10. The van der Waals surface area contributed by atoms with E-state index in [1.807, 2.05) is 31.2 Å². The van der Waals surface area contributed by atoms with Crippen LogP contribution < -0.4 is 5.73 Å². The van der Waals surface area contributed by atoms with E-state index in [1.54, 1.807) is 0 Å². The summed E-state index contributed by atoms with van der Waals surface area (Å²) >= 11 is 0. The molecule has 2 N–H and O–H groups in total. The fraction of sp³-hybridized carbons (Fsp3) is 0.529. The zero-order valence-electron chi connectivity index (χ0n) is 12.6. The van der Waals surface area contributed by atoms with Crippen LogP contribution in [-0.4, -0.2) is 10.1 Å². The molecule has 0 bridgehead atoms. The smallest absolute Gasteiger partial charge is 0.226 e. The summed E-state index contributed by atoms with van der Waals surface area (Å²) in [5.41, 5.74) is 7.95. The van der Waals surface area contributed by atoms with Gasteiger partial charge in [-0.15, -0.1) is 0 Å². The highest BCUT2D eigenvalue weighted by molar-refractivity contribution is 5.54. The summed E-state index contributed by atoms with van der Waals surface area (Å²) in [7, 11) is 0. The Labute approximate surface area is 125 Å². The van der Waals surface area contributed by atoms with Crippen molar-refractivity contribution in [2.45, 2.75) is 51.5 Å². The first-order valence-electron chi connectivity index (χ1n) is 7.91. The van der Waals surface area contributed by atoms with Crippen molar-refractivity contribution >= 4 is 0 Å². The molecule has 0 spiro atoms. The first kappa shape index (κ1) is 14.3. The maximum atomic E-state index is 5.86. The first-order chi connectivity index (χ1) is 10.2. The van der Waals surface area contributed by atoms with Crippen LogP contribution in [0.25, 0.3) is 11.4 Å². The Bertz CT molecular complexity index is 568. The fourth-order valence-corrected chi connectivity index (χ4v) is 3.04. The number of nitrogens with two attached hydrogens (primary N) is 1. The number of aromatic nitrogens is 2. The second-order valence-corrected chi connectivity index (χ2v) is 6.11. The lowest BCUT2D eigenvalue weighted by molar-refractivity contribution is 0.362. The third-order valence-corrected chi connectivity index (χ3v) is 4.40. The zero-order valence-corrected chi connectivity index (χ0v) is 12.6. The quantitative estimate of drug-likeness (QED) is 0.905. The molecule has 1 aromatic heterocycles. The van der Waals surface area contributed by atoms with Gasteiger partial charge in [0.25, 0.3) is 0 Å². The Kier molecular flexibility index (Phi) is 4.34.